The summed E-state index contributed by atoms with van der Waals surface area (Å²) in [6, 6.07) is 20.0. The number of hydrogen-bond acceptors (Lipinski definition) is 4. The average molecular weight is 335 g/mol. The lowest BCUT2D eigenvalue weighted by molar-refractivity contribution is -0.117. The third kappa shape index (κ3) is 3.29. The molecule has 120 valence electrons. The van der Waals surface area contributed by atoms with Gasteiger partial charge in [0.15, 0.2) is 5.76 Å². The molecule has 1 fully saturated rings. The van der Waals surface area contributed by atoms with Crippen molar-refractivity contribution in [2.45, 2.75) is 18.1 Å². The summed E-state index contributed by atoms with van der Waals surface area (Å²) < 4.78 is 6.01. The van der Waals surface area contributed by atoms with Crippen LogP contribution in [-0.2, 0) is 4.79 Å². The molecule has 1 aliphatic carbocycles. The Balaban J connectivity index is 1.66. The lowest BCUT2D eigenvalue weighted by Crippen LogP contribution is -2.02. The normalized spacial score (nSPS) is 13.8. The fourth-order valence-corrected chi connectivity index (χ4v) is 3.39. The number of hydrogen-bond donors (Lipinski definition) is 0. The first kappa shape index (κ1) is 15.2. The second-order valence-corrected chi connectivity index (χ2v) is 6.85. The van der Waals surface area contributed by atoms with Crippen LogP contribution in [0, 0.1) is 5.92 Å². The average Bonchev–Trinajstić information content (AvgIpc) is 3.41. The van der Waals surface area contributed by atoms with Gasteiger partial charge in [0.25, 0.3) is 5.22 Å². The number of ketones is 1. The Labute approximate surface area is 145 Å². The molecule has 1 aliphatic rings. The molecule has 0 atom stereocenters. The number of aromatic nitrogens is 1. The standard InChI is InChI=1S/C20H17NO2S/c22-17(14-11-12-14)13-24-20-21-18(15-7-3-1-4-8-15)19(23-20)16-9-5-2-6-10-16/h1-10,14H,11-13H2. The lowest BCUT2D eigenvalue weighted by atomic mass is 10.1. The Morgan fingerprint density at radius 1 is 1.00 bits per heavy atom. The van der Waals surface area contributed by atoms with Gasteiger partial charge in [-0.15, -0.1) is 0 Å². The highest BCUT2D eigenvalue weighted by atomic mass is 32.2. The van der Waals surface area contributed by atoms with Crippen molar-refractivity contribution >= 4 is 17.5 Å². The first-order valence-electron chi connectivity index (χ1n) is 8.08. The molecule has 1 aromatic heterocycles. The lowest BCUT2D eigenvalue weighted by Gasteiger charge is -2.00. The molecule has 1 saturated carbocycles. The molecule has 3 aromatic rings. The molecule has 0 N–H and O–H groups in total. The maximum atomic E-state index is 11.9. The SMILES string of the molecule is O=C(CSc1nc(-c2ccccc2)c(-c2ccccc2)o1)C1CC1. The molecule has 0 radical (unpaired) electrons. The number of carbonyl (C=O) groups excluding carboxylic acids is 1. The third-order valence-corrected chi connectivity index (χ3v) is 4.91. The molecule has 0 spiro atoms. The molecule has 2 aromatic carbocycles. The molecule has 0 bridgehead atoms. The zero-order chi connectivity index (χ0) is 16.4. The van der Waals surface area contributed by atoms with Crippen molar-refractivity contribution in [3.63, 3.8) is 0 Å². The minimum absolute atomic E-state index is 0.273. The van der Waals surface area contributed by atoms with Crippen molar-refractivity contribution < 1.29 is 9.21 Å². The number of rotatable bonds is 6. The minimum atomic E-state index is 0.273. The van der Waals surface area contributed by atoms with Crippen molar-refractivity contribution in [2.24, 2.45) is 5.92 Å². The predicted molar refractivity (Wildman–Crippen MR) is 95.8 cm³/mol. The molecule has 0 aliphatic heterocycles. The van der Waals surface area contributed by atoms with E-state index in [0.29, 0.717) is 16.8 Å². The van der Waals surface area contributed by atoms with E-state index in [4.69, 9.17) is 4.42 Å². The van der Waals surface area contributed by atoms with Gasteiger partial charge >= 0.3 is 0 Å². The van der Waals surface area contributed by atoms with Crippen LogP contribution in [0.4, 0.5) is 0 Å². The first-order valence-corrected chi connectivity index (χ1v) is 9.07. The van der Waals surface area contributed by atoms with Crippen LogP contribution in [0.5, 0.6) is 0 Å². The zero-order valence-corrected chi connectivity index (χ0v) is 14.0. The second kappa shape index (κ2) is 6.65. The monoisotopic (exact) mass is 335 g/mol. The number of thioether (sulfide) groups is 1. The smallest absolute Gasteiger partial charge is 0.257 e. The molecule has 0 unspecified atom stereocenters. The molecule has 4 heteroatoms. The van der Waals surface area contributed by atoms with Crippen LogP contribution < -0.4 is 0 Å². The summed E-state index contributed by atoms with van der Waals surface area (Å²) in [4.78, 5) is 16.6. The van der Waals surface area contributed by atoms with Gasteiger partial charge in [0.2, 0.25) is 0 Å². The largest absolute Gasteiger partial charge is 0.431 e. The quantitative estimate of drug-likeness (QED) is 0.589. The summed E-state index contributed by atoms with van der Waals surface area (Å²) in [5.74, 6) is 1.77. The van der Waals surface area contributed by atoms with E-state index in [0.717, 1.165) is 35.4 Å². The number of carbonyl (C=O) groups is 1. The van der Waals surface area contributed by atoms with Crippen LogP contribution in [-0.4, -0.2) is 16.5 Å². The summed E-state index contributed by atoms with van der Waals surface area (Å²) in [6.45, 7) is 0. The van der Waals surface area contributed by atoms with Gasteiger partial charge < -0.3 is 4.42 Å². The highest BCUT2D eigenvalue weighted by Gasteiger charge is 2.29. The fraction of sp³-hybridized carbons (Fsp3) is 0.200. The van der Waals surface area contributed by atoms with E-state index in [1.54, 1.807) is 0 Å². The first-order chi connectivity index (χ1) is 11.8. The Morgan fingerprint density at radius 3 is 2.25 bits per heavy atom. The molecule has 4 rings (SSSR count). The van der Waals surface area contributed by atoms with Gasteiger partial charge in [-0.05, 0) is 12.8 Å². The van der Waals surface area contributed by atoms with Crippen molar-refractivity contribution in [1.29, 1.82) is 0 Å². The van der Waals surface area contributed by atoms with Crippen LogP contribution in [0.2, 0.25) is 0 Å². The van der Waals surface area contributed by atoms with Gasteiger partial charge in [0.1, 0.15) is 11.5 Å². The van der Waals surface area contributed by atoms with Crippen molar-refractivity contribution in [3.8, 4) is 22.6 Å². The molecular formula is C20H17NO2S. The molecule has 24 heavy (non-hydrogen) atoms. The van der Waals surface area contributed by atoms with Gasteiger partial charge in [-0.2, -0.15) is 0 Å². The third-order valence-electron chi connectivity index (χ3n) is 4.06. The van der Waals surface area contributed by atoms with Gasteiger partial charge in [-0.1, -0.05) is 72.4 Å². The van der Waals surface area contributed by atoms with Crippen LogP contribution >= 0.6 is 11.8 Å². The van der Waals surface area contributed by atoms with Crippen LogP contribution in [0.1, 0.15) is 12.8 Å². The van der Waals surface area contributed by atoms with Crippen LogP contribution in [0.3, 0.4) is 0 Å². The molecule has 1 heterocycles. The summed E-state index contributed by atoms with van der Waals surface area (Å²) >= 11 is 1.39. The van der Waals surface area contributed by atoms with E-state index in [1.165, 1.54) is 11.8 Å². The Morgan fingerprint density at radius 2 is 1.62 bits per heavy atom. The predicted octanol–water partition coefficient (Wildman–Crippen LogP) is 5.08. The van der Waals surface area contributed by atoms with E-state index < -0.39 is 0 Å². The van der Waals surface area contributed by atoms with Gasteiger partial charge in [-0.25, -0.2) is 4.98 Å². The minimum Gasteiger partial charge on any atom is -0.431 e. The van der Waals surface area contributed by atoms with Crippen molar-refractivity contribution in [2.75, 3.05) is 5.75 Å². The summed E-state index contributed by atoms with van der Waals surface area (Å²) in [6.07, 6.45) is 2.07. The maximum absolute atomic E-state index is 11.9. The maximum Gasteiger partial charge on any atom is 0.257 e. The van der Waals surface area contributed by atoms with Gasteiger partial charge in [0.05, 0.1) is 5.75 Å². The zero-order valence-electron chi connectivity index (χ0n) is 13.1. The Bertz CT molecular complexity index is 782. The Kier molecular flexibility index (Phi) is 4.22. The van der Waals surface area contributed by atoms with E-state index in [2.05, 4.69) is 4.98 Å². The fourth-order valence-electron chi connectivity index (χ4n) is 2.60. The second-order valence-electron chi connectivity index (χ2n) is 5.92. The number of benzene rings is 2. The Hall–Kier alpha value is -2.33. The topological polar surface area (TPSA) is 43.1 Å². The van der Waals surface area contributed by atoms with Crippen molar-refractivity contribution in [1.82, 2.24) is 4.98 Å². The van der Waals surface area contributed by atoms with Gasteiger partial charge in [0, 0.05) is 17.0 Å². The van der Waals surface area contributed by atoms with E-state index >= 15 is 0 Å². The molecule has 0 amide bonds. The molecule has 0 saturated heterocycles. The van der Waals surface area contributed by atoms with Crippen molar-refractivity contribution in [3.05, 3.63) is 60.7 Å². The van der Waals surface area contributed by atoms with Crippen LogP contribution in [0.25, 0.3) is 22.6 Å². The number of nitrogens with zero attached hydrogens (tertiary/aromatic N) is 1. The summed E-state index contributed by atoms with van der Waals surface area (Å²) in [7, 11) is 0. The van der Waals surface area contributed by atoms with Crippen LogP contribution in [0.15, 0.2) is 70.3 Å². The highest BCUT2D eigenvalue weighted by molar-refractivity contribution is 7.99. The molecular weight excluding hydrogens is 318 g/mol. The molecule has 3 nitrogen and oxygen atoms in total. The summed E-state index contributed by atoms with van der Waals surface area (Å²) in [5, 5.41) is 0.557. The highest BCUT2D eigenvalue weighted by Crippen LogP contribution is 2.37. The number of oxazole rings is 1. The van der Waals surface area contributed by atoms with E-state index in [-0.39, 0.29) is 5.92 Å². The van der Waals surface area contributed by atoms with E-state index in [9.17, 15) is 4.79 Å². The van der Waals surface area contributed by atoms with E-state index in [1.807, 2.05) is 60.7 Å². The number of Topliss-reactive ketones (excluding diaryl/α,β-unsaturated/α-hetero) is 1. The summed E-state index contributed by atoms with van der Waals surface area (Å²) in [5.41, 5.74) is 2.83. The van der Waals surface area contributed by atoms with Gasteiger partial charge in [-0.3, -0.25) is 4.79 Å².